The van der Waals surface area contributed by atoms with Crippen molar-refractivity contribution < 1.29 is 9.53 Å². The third-order valence-electron chi connectivity index (χ3n) is 4.68. The lowest BCUT2D eigenvalue weighted by molar-refractivity contribution is 0.135. The van der Waals surface area contributed by atoms with Crippen molar-refractivity contribution >= 4 is 6.03 Å². The molecule has 0 bridgehead atoms. The van der Waals surface area contributed by atoms with Gasteiger partial charge in [0.1, 0.15) is 0 Å². The van der Waals surface area contributed by atoms with Gasteiger partial charge in [0.05, 0.1) is 6.61 Å². The van der Waals surface area contributed by atoms with Crippen molar-refractivity contribution in [2.45, 2.75) is 26.9 Å². The number of urea groups is 1. The SMILES string of the molecule is CCOc1cc(CNC(=O)N2CCN(Cc3cccc(C)c3)CC2)ccn1. The smallest absolute Gasteiger partial charge is 0.317 e. The Bertz CT molecular complexity index is 757. The van der Waals surface area contributed by atoms with Gasteiger partial charge in [0.15, 0.2) is 0 Å². The first-order valence-corrected chi connectivity index (χ1v) is 9.52. The molecule has 1 aliphatic rings. The minimum Gasteiger partial charge on any atom is -0.478 e. The van der Waals surface area contributed by atoms with Gasteiger partial charge in [-0.15, -0.1) is 0 Å². The van der Waals surface area contributed by atoms with Crippen molar-refractivity contribution in [3.8, 4) is 5.88 Å². The molecule has 27 heavy (non-hydrogen) atoms. The van der Waals surface area contributed by atoms with Crippen LogP contribution in [0.15, 0.2) is 42.6 Å². The number of hydrogen-bond donors (Lipinski definition) is 1. The highest BCUT2D eigenvalue weighted by atomic mass is 16.5. The Balaban J connectivity index is 1.44. The Hall–Kier alpha value is -2.60. The maximum Gasteiger partial charge on any atom is 0.317 e. The molecule has 0 atom stereocenters. The molecule has 1 N–H and O–H groups in total. The number of amides is 2. The van der Waals surface area contributed by atoms with E-state index in [1.807, 2.05) is 24.0 Å². The maximum atomic E-state index is 12.4. The molecule has 1 aromatic heterocycles. The van der Waals surface area contributed by atoms with E-state index in [1.54, 1.807) is 6.20 Å². The molecule has 0 unspecified atom stereocenters. The van der Waals surface area contributed by atoms with Gasteiger partial charge in [0.25, 0.3) is 0 Å². The number of nitrogens with zero attached hydrogens (tertiary/aromatic N) is 3. The van der Waals surface area contributed by atoms with Gasteiger partial charge in [-0.1, -0.05) is 29.8 Å². The Morgan fingerprint density at radius 2 is 1.96 bits per heavy atom. The number of aromatic nitrogens is 1. The first-order valence-electron chi connectivity index (χ1n) is 9.52. The van der Waals surface area contributed by atoms with E-state index in [0.29, 0.717) is 19.0 Å². The molecule has 0 spiro atoms. The van der Waals surface area contributed by atoms with E-state index in [-0.39, 0.29) is 6.03 Å². The van der Waals surface area contributed by atoms with Crippen LogP contribution in [0.5, 0.6) is 5.88 Å². The van der Waals surface area contributed by atoms with Gasteiger partial charge in [-0.2, -0.15) is 0 Å². The van der Waals surface area contributed by atoms with Crippen LogP contribution in [0.3, 0.4) is 0 Å². The van der Waals surface area contributed by atoms with Crippen LogP contribution < -0.4 is 10.1 Å². The molecular weight excluding hydrogens is 340 g/mol. The lowest BCUT2D eigenvalue weighted by Gasteiger charge is -2.34. The van der Waals surface area contributed by atoms with Gasteiger partial charge >= 0.3 is 6.03 Å². The van der Waals surface area contributed by atoms with E-state index in [4.69, 9.17) is 4.74 Å². The molecule has 6 heteroatoms. The van der Waals surface area contributed by atoms with Crippen molar-refractivity contribution in [1.29, 1.82) is 0 Å². The van der Waals surface area contributed by atoms with E-state index < -0.39 is 0 Å². The molecule has 1 aliphatic heterocycles. The summed E-state index contributed by atoms with van der Waals surface area (Å²) in [5.74, 6) is 0.592. The third-order valence-corrected chi connectivity index (χ3v) is 4.68. The van der Waals surface area contributed by atoms with Crippen LogP contribution in [-0.4, -0.2) is 53.6 Å². The molecule has 2 amide bonds. The minimum atomic E-state index is -0.0139. The second-order valence-electron chi connectivity index (χ2n) is 6.85. The number of ether oxygens (including phenoxy) is 1. The lowest BCUT2D eigenvalue weighted by Crippen LogP contribution is -2.51. The lowest BCUT2D eigenvalue weighted by atomic mass is 10.1. The van der Waals surface area contributed by atoms with Crippen molar-refractivity contribution in [3.63, 3.8) is 0 Å². The van der Waals surface area contributed by atoms with Gasteiger partial charge in [-0.05, 0) is 31.0 Å². The molecule has 2 heterocycles. The fourth-order valence-corrected chi connectivity index (χ4v) is 3.25. The molecular formula is C21H28N4O2. The third kappa shape index (κ3) is 5.69. The summed E-state index contributed by atoms with van der Waals surface area (Å²) in [5, 5.41) is 3.00. The van der Waals surface area contributed by atoms with E-state index >= 15 is 0 Å². The zero-order chi connectivity index (χ0) is 19.1. The zero-order valence-corrected chi connectivity index (χ0v) is 16.1. The van der Waals surface area contributed by atoms with Crippen LogP contribution in [0.2, 0.25) is 0 Å². The van der Waals surface area contributed by atoms with Crippen molar-refractivity contribution in [2.24, 2.45) is 0 Å². The van der Waals surface area contributed by atoms with E-state index in [2.05, 4.69) is 46.4 Å². The fourth-order valence-electron chi connectivity index (χ4n) is 3.25. The highest BCUT2D eigenvalue weighted by molar-refractivity contribution is 5.74. The van der Waals surface area contributed by atoms with E-state index in [1.165, 1.54) is 11.1 Å². The first kappa shape index (κ1) is 19.2. The summed E-state index contributed by atoms with van der Waals surface area (Å²) >= 11 is 0. The predicted molar refractivity (Wildman–Crippen MR) is 106 cm³/mol. The van der Waals surface area contributed by atoms with Crippen molar-refractivity contribution in [1.82, 2.24) is 20.1 Å². The van der Waals surface area contributed by atoms with Crippen LogP contribution >= 0.6 is 0 Å². The molecule has 3 rings (SSSR count). The largest absolute Gasteiger partial charge is 0.478 e. The monoisotopic (exact) mass is 368 g/mol. The zero-order valence-electron chi connectivity index (χ0n) is 16.1. The molecule has 1 aromatic carbocycles. The number of benzene rings is 1. The van der Waals surface area contributed by atoms with Crippen LogP contribution in [0.25, 0.3) is 0 Å². The number of hydrogen-bond acceptors (Lipinski definition) is 4. The van der Waals surface area contributed by atoms with E-state index in [9.17, 15) is 4.79 Å². The Morgan fingerprint density at radius 3 is 2.70 bits per heavy atom. The molecule has 0 radical (unpaired) electrons. The maximum absolute atomic E-state index is 12.4. The number of piperazine rings is 1. The Kier molecular flexibility index (Phi) is 6.65. The summed E-state index contributed by atoms with van der Waals surface area (Å²) in [4.78, 5) is 20.9. The van der Waals surface area contributed by atoms with Crippen molar-refractivity contribution in [3.05, 3.63) is 59.3 Å². The average molecular weight is 368 g/mol. The number of carbonyl (C=O) groups excluding carboxylic acids is 1. The van der Waals surface area contributed by atoms with Crippen molar-refractivity contribution in [2.75, 3.05) is 32.8 Å². The normalized spacial score (nSPS) is 14.8. The second-order valence-corrected chi connectivity index (χ2v) is 6.85. The molecule has 144 valence electrons. The quantitative estimate of drug-likeness (QED) is 0.852. The van der Waals surface area contributed by atoms with Crippen LogP contribution in [0, 0.1) is 6.92 Å². The number of pyridine rings is 1. The summed E-state index contributed by atoms with van der Waals surface area (Å²) in [6, 6.07) is 12.4. The van der Waals surface area contributed by atoms with Gasteiger partial charge < -0.3 is 15.0 Å². The summed E-state index contributed by atoms with van der Waals surface area (Å²) in [6.45, 7) is 9.32. The van der Waals surface area contributed by atoms with Crippen LogP contribution in [0.4, 0.5) is 4.79 Å². The first-order chi connectivity index (χ1) is 13.1. The minimum absolute atomic E-state index is 0.0139. The van der Waals surface area contributed by atoms with Gasteiger partial charge in [-0.3, -0.25) is 4.90 Å². The summed E-state index contributed by atoms with van der Waals surface area (Å²) < 4.78 is 5.40. The number of carbonyl (C=O) groups is 1. The van der Waals surface area contributed by atoms with Gasteiger partial charge in [0, 0.05) is 51.5 Å². The molecule has 0 saturated carbocycles. The molecule has 2 aromatic rings. The number of nitrogens with one attached hydrogen (secondary N) is 1. The Morgan fingerprint density at radius 1 is 1.15 bits per heavy atom. The van der Waals surface area contributed by atoms with Crippen LogP contribution in [-0.2, 0) is 13.1 Å². The predicted octanol–water partition coefficient (Wildman–Crippen LogP) is 2.82. The van der Waals surface area contributed by atoms with Gasteiger partial charge in [0.2, 0.25) is 5.88 Å². The molecule has 1 fully saturated rings. The average Bonchev–Trinajstić information content (AvgIpc) is 2.67. The van der Waals surface area contributed by atoms with Gasteiger partial charge in [-0.25, -0.2) is 9.78 Å². The standard InChI is InChI=1S/C21H28N4O2/c1-3-27-20-14-18(7-8-22-20)15-23-21(26)25-11-9-24(10-12-25)16-19-6-4-5-17(2)13-19/h4-8,13-14H,3,9-12,15-16H2,1-2H3,(H,23,26). The summed E-state index contributed by atoms with van der Waals surface area (Å²) in [5.41, 5.74) is 3.60. The fraction of sp³-hybridized carbons (Fsp3) is 0.429. The topological polar surface area (TPSA) is 57.7 Å². The highest BCUT2D eigenvalue weighted by Gasteiger charge is 2.20. The molecule has 6 nitrogen and oxygen atoms in total. The van der Waals surface area contributed by atoms with Crippen LogP contribution in [0.1, 0.15) is 23.6 Å². The number of rotatable bonds is 6. The molecule has 1 saturated heterocycles. The summed E-state index contributed by atoms with van der Waals surface area (Å²) in [7, 11) is 0. The van der Waals surface area contributed by atoms with E-state index in [0.717, 1.165) is 38.3 Å². The molecule has 0 aliphatic carbocycles. The Labute approximate surface area is 161 Å². The second kappa shape index (κ2) is 9.37. The number of aryl methyl sites for hydroxylation is 1. The highest BCUT2D eigenvalue weighted by Crippen LogP contribution is 2.12. The summed E-state index contributed by atoms with van der Waals surface area (Å²) in [6.07, 6.45) is 1.70.